The molecule has 4 rings (SSSR count). The Morgan fingerprint density at radius 1 is 1.07 bits per heavy atom. The molecule has 0 saturated carbocycles. The molecule has 0 amide bonds. The number of benzene rings is 3. The number of nitrogens with zero attached hydrogens (tertiary/aromatic N) is 1. The second-order valence-corrected chi connectivity index (χ2v) is 7.46. The van der Waals surface area contributed by atoms with Crippen LogP contribution in [0.25, 0.3) is 6.08 Å². The molecule has 0 unspecified atom stereocenters. The molecule has 0 N–H and O–H groups in total. The zero-order chi connectivity index (χ0) is 21.3. The fraction of sp³-hybridized carbons (Fsp3) is 0.160. The normalized spacial score (nSPS) is 13.9. The molecular formula is C25H22FNO3. The van der Waals surface area contributed by atoms with Crippen LogP contribution in [-0.4, -0.2) is 19.9 Å². The fourth-order valence-corrected chi connectivity index (χ4v) is 3.37. The Labute approximate surface area is 175 Å². The van der Waals surface area contributed by atoms with Crippen LogP contribution in [0.4, 0.5) is 10.1 Å². The molecule has 30 heavy (non-hydrogen) atoms. The minimum atomic E-state index is -0.302. The summed E-state index contributed by atoms with van der Waals surface area (Å²) in [5.74, 6) is 0.887. The predicted octanol–water partition coefficient (Wildman–Crippen LogP) is 5.40. The SMILES string of the molecule is Cc1cc(OCc2cccc(F)c2)cc2c1C(=O)/C(=C/c1ccc(N(C)C)cc1)O2. The van der Waals surface area contributed by atoms with E-state index in [0.717, 1.165) is 22.4 Å². The van der Waals surface area contributed by atoms with Crippen molar-refractivity contribution in [2.45, 2.75) is 13.5 Å². The van der Waals surface area contributed by atoms with Crippen LogP contribution in [0.1, 0.15) is 27.0 Å². The third-order valence-electron chi connectivity index (χ3n) is 4.95. The Morgan fingerprint density at radius 3 is 2.53 bits per heavy atom. The predicted molar refractivity (Wildman–Crippen MR) is 116 cm³/mol. The van der Waals surface area contributed by atoms with E-state index in [1.54, 1.807) is 30.3 Å². The van der Waals surface area contributed by atoms with Crippen molar-refractivity contribution >= 4 is 17.5 Å². The van der Waals surface area contributed by atoms with E-state index in [1.807, 2.05) is 50.2 Å². The maximum absolute atomic E-state index is 13.3. The number of carbonyl (C=O) groups excluding carboxylic acids is 1. The topological polar surface area (TPSA) is 38.8 Å². The van der Waals surface area contributed by atoms with E-state index >= 15 is 0 Å². The minimum Gasteiger partial charge on any atom is -0.489 e. The van der Waals surface area contributed by atoms with E-state index in [9.17, 15) is 9.18 Å². The van der Waals surface area contributed by atoms with Gasteiger partial charge in [-0.15, -0.1) is 0 Å². The highest BCUT2D eigenvalue weighted by Crippen LogP contribution is 2.37. The molecule has 0 bridgehead atoms. The highest BCUT2D eigenvalue weighted by molar-refractivity contribution is 6.15. The second-order valence-electron chi connectivity index (χ2n) is 7.46. The smallest absolute Gasteiger partial charge is 0.232 e. The Balaban J connectivity index is 1.54. The summed E-state index contributed by atoms with van der Waals surface area (Å²) in [7, 11) is 3.95. The Morgan fingerprint density at radius 2 is 1.83 bits per heavy atom. The van der Waals surface area contributed by atoms with Crippen LogP contribution in [0, 0.1) is 12.7 Å². The molecule has 0 radical (unpaired) electrons. The average molecular weight is 403 g/mol. The number of carbonyl (C=O) groups is 1. The van der Waals surface area contributed by atoms with Gasteiger partial charge >= 0.3 is 0 Å². The number of Topliss-reactive ketones (excluding diaryl/α,β-unsaturated/α-hetero) is 1. The molecule has 0 atom stereocenters. The first-order valence-electron chi connectivity index (χ1n) is 9.64. The minimum absolute atomic E-state index is 0.143. The number of halogens is 1. The molecule has 1 aliphatic rings. The van der Waals surface area contributed by atoms with Gasteiger partial charge in [-0.05, 0) is 60.0 Å². The number of ether oxygens (including phenoxy) is 2. The van der Waals surface area contributed by atoms with Crippen molar-refractivity contribution in [1.29, 1.82) is 0 Å². The van der Waals surface area contributed by atoms with E-state index in [0.29, 0.717) is 17.1 Å². The van der Waals surface area contributed by atoms with E-state index in [2.05, 4.69) is 0 Å². The van der Waals surface area contributed by atoms with Gasteiger partial charge in [0.15, 0.2) is 5.76 Å². The number of allylic oxidation sites excluding steroid dienone is 1. The summed E-state index contributed by atoms with van der Waals surface area (Å²) in [5.41, 5.74) is 4.02. The Hall–Kier alpha value is -3.60. The maximum Gasteiger partial charge on any atom is 0.232 e. The van der Waals surface area contributed by atoms with Gasteiger partial charge in [0.05, 0.1) is 5.56 Å². The van der Waals surface area contributed by atoms with Crippen LogP contribution in [0.2, 0.25) is 0 Å². The molecule has 1 aliphatic heterocycles. The molecule has 0 aliphatic carbocycles. The third kappa shape index (κ3) is 4.06. The van der Waals surface area contributed by atoms with Crippen molar-refractivity contribution in [2.75, 3.05) is 19.0 Å². The van der Waals surface area contributed by atoms with Gasteiger partial charge in [-0.3, -0.25) is 4.79 Å². The lowest BCUT2D eigenvalue weighted by Gasteiger charge is -2.11. The highest BCUT2D eigenvalue weighted by Gasteiger charge is 2.30. The van der Waals surface area contributed by atoms with Crippen molar-refractivity contribution in [3.63, 3.8) is 0 Å². The lowest BCUT2D eigenvalue weighted by Crippen LogP contribution is -2.08. The second kappa shape index (κ2) is 8.03. The van der Waals surface area contributed by atoms with Crippen LogP contribution >= 0.6 is 0 Å². The summed E-state index contributed by atoms with van der Waals surface area (Å²) in [5, 5.41) is 0. The van der Waals surface area contributed by atoms with E-state index < -0.39 is 0 Å². The molecule has 152 valence electrons. The summed E-state index contributed by atoms with van der Waals surface area (Å²) < 4.78 is 25.0. The van der Waals surface area contributed by atoms with Crippen molar-refractivity contribution in [3.05, 3.63) is 94.5 Å². The lowest BCUT2D eigenvalue weighted by molar-refractivity contribution is 0.101. The summed E-state index contributed by atoms with van der Waals surface area (Å²) >= 11 is 0. The molecule has 5 heteroatoms. The standard InChI is InChI=1S/C25H22FNO3/c1-16-11-21(29-15-18-5-4-6-19(26)12-18)14-22-24(16)25(28)23(30-22)13-17-7-9-20(10-8-17)27(2)3/h4-14H,15H2,1-3H3/b23-13-. The molecular weight excluding hydrogens is 381 g/mol. The Kier molecular flexibility index (Phi) is 5.27. The maximum atomic E-state index is 13.3. The number of anilines is 1. The molecule has 0 saturated heterocycles. The van der Waals surface area contributed by atoms with E-state index in [1.165, 1.54) is 12.1 Å². The van der Waals surface area contributed by atoms with Gasteiger partial charge in [0.1, 0.15) is 23.9 Å². The number of fused-ring (bicyclic) bond motifs is 1. The summed E-state index contributed by atoms with van der Waals surface area (Å²) in [4.78, 5) is 14.9. The van der Waals surface area contributed by atoms with Crippen LogP contribution in [-0.2, 0) is 6.61 Å². The molecule has 4 nitrogen and oxygen atoms in total. The summed E-state index contributed by atoms with van der Waals surface area (Å²) in [6, 6.07) is 17.6. The number of hydrogen-bond donors (Lipinski definition) is 0. The quantitative estimate of drug-likeness (QED) is 0.535. The van der Waals surface area contributed by atoms with Gasteiger partial charge in [-0.25, -0.2) is 4.39 Å². The molecule has 3 aromatic rings. The first kappa shape index (κ1) is 19.7. The van der Waals surface area contributed by atoms with Gasteiger partial charge in [0.2, 0.25) is 5.78 Å². The molecule has 1 heterocycles. The molecule has 0 spiro atoms. The van der Waals surface area contributed by atoms with Crippen molar-refractivity contribution in [1.82, 2.24) is 0 Å². The van der Waals surface area contributed by atoms with E-state index in [-0.39, 0.29) is 24.0 Å². The van der Waals surface area contributed by atoms with Crippen molar-refractivity contribution in [2.24, 2.45) is 0 Å². The van der Waals surface area contributed by atoms with E-state index in [4.69, 9.17) is 9.47 Å². The Bertz CT molecular complexity index is 1130. The van der Waals surface area contributed by atoms with Crippen LogP contribution < -0.4 is 14.4 Å². The van der Waals surface area contributed by atoms with Crippen LogP contribution in [0.3, 0.4) is 0 Å². The largest absolute Gasteiger partial charge is 0.489 e. The van der Waals surface area contributed by atoms with Crippen LogP contribution in [0.15, 0.2) is 66.4 Å². The zero-order valence-corrected chi connectivity index (χ0v) is 17.1. The fourth-order valence-electron chi connectivity index (χ4n) is 3.37. The molecule has 0 fully saturated rings. The van der Waals surface area contributed by atoms with Crippen LogP contribution in [0.5, 0.6) is 11.5 Å². The number of aryl methyl sites for hydroxylation is 1. The van der Waals surface area contributed by atoms with Crippen molar-refractivity contribution < 1.29 is 18.7 Å². The summed E-state index contributed by atoms with van der Waals surface area (Å²) in [6.45, 7) is 2.08. The first-order chi connectivity index (χ1) is 14.4. The number of hydrogen-bond acceptors (Lipinski definition) is 4. The average Bonchev–Trinajstić information content (AvgIpc) is 3.02. The molecule has 0 aromatic heterocycles. The van der Waals surface area contributed by atoms with Gasteiger partial charge in [0, 0.05) is 25.8 Å². The monoisotopic (exact) mass is 403 g/mol. The van der Waals surface area contributed by atoms with Gasteiger partial charge < -0.3 is 14.4 Å². The first-order valence-corrected chi connectivity index (χ1v) is 9.64. The molecule has 3 aromatic carbocycles. The number of rotatable bonds is 5. The third-order valence-corrected chi connectivity index (χ3v) is 4.95. The zero-order valence-electron chi connectivity index (χ0n) is 17.1. The highest BCUT2D eigenvalue weighted by atomic mass is 19.1. The van der Waals surface area contributed by atoms with Gasteiger partial charge in [-0.1, -0.05) is 24.3 Å². The number of ketones is 1. The summed E-state index contributed by atoms with van der Waals surface area (Å²) in [6.07, 6.45) is 1.74. The van der Waals surface area contributed by atoms with Gasteiger partial charge in [0.25, 0.3) is 0 Å². The van der Waals surface area contributed by atoms with Crippen molar-refractivity contribution in [3.8, 4) is 11.5 Å². The van der Waals surface area contributed by atoms with Gasteiger partial charge in [-0.2, -0.15) is 0 Å². The lowest BCUT2D eigenvalue weighted by atomic mass is 10.0.